The molecule has 0 saturated carbocycles. The molecule has 1 fully saturated rings. The zero-order chi connectivity index (χ0) is 9.97. The average Bonchev–Trinajstić information content (AvgIpc) is 2.99. The van der Waals surface area contributed by atoms with Gasteiger partial charge in [0.25, 0.3) is 0 Å². The van der Waals surface area contributed by atoms with Crippen LogP contribution in [0.3, 0.4) is 0 Å². The summed E-state index contributed by atoms with van der Waals surface area (Å²) >= 11 is 5.73. The Morgan fingerprint density at radius 2 is 2.43 bits per heavy atom. The molecule has 2 rings (SSSR count). The van der Waals surface area contributed by atoms with Crippen LogP contribution in [0.1, 0.15) is 10.4 Å². The van der Waals surface area contributed by atoms with Gasteiger partial charge in [0, 0.05) is 5.02 Å². The Morgan fingerprint density at radius 3 is 3.07 bits per heavy atom. The van der Waals surface area contributed by atoms with Gasteiger partial charge in [-0.1, -0.05) is 11.6 Å². The lowest BCUT2D eigenvalue weighted by molar-refractivity contribution is 0.111. The molecule has 0 aromatic heterocycles. The van der Waals surface area contributed by atoms with Gasteiger partial charge in [0.2, 0.25) is 0 Å². The fourth-order valence-corrected chi connectivity index (χ4v) is 1.27. The van der Waals surface area contributed by atoms with Gasteiger partial charge in [-0.15, -0.1) is 0 Å². The Kier molecular flexibility index (Phi) is 2.70. The van der Waals surface area contributed by atoms with E-state index < -0.39 is 0 Å². The maximum atomic E-state index is 10.7. The van der Waals surface area contributed by atoms with E-state index in [1.165, 1.54) is 0 Å². The zero-order valence-corrected chi connectivity index (χ0v) is 8.16. The number of hydrogen-bond donors (Lipinski definition) is 0. The topological polar surface area (TPSA) is 38.8 Å². The van der Waals surface area contributed by atoms with Crippen molar-refractivity contribution in [2.75, 3.05) is 13.2 Å². The molecular formula is C10H9ClO3. The number of rotatable bonds is 4. The number of epoxide rings is 1. The van der Waals surface area contributed by atoms with Gasteiger partial charge in [-0.3, -0.25) is 4.79 Å². The highest BCUT2D eigenvalue weighted by atomic mass is 35.5. The van der Waals surface area contributed by atoms with Gasteiger partial charge in [-0.25, -0.2) is 0 Å². The number of carbonyl (C=O) groups excluding carboxylic acids is 1. The van der Waals surface area contributed by atoms with Crippen molar-refractivity contribution >= 4 is 17.9 Å². The van der Waals surface area contributed by atoms with Gasteiger partial charge < -0.3 is 9.47 Å². The molecule has 1 aromatic rings. The van der Waals surface area contributed by atoms with Crippen molar-refractivity contribution < 1.29 is 14.3 Å². The summed E-state index contributed by atoms with van der Waals surface area (Å²) in [5, 5.41) is 0.530. The molecule has 3 nitrogen and oxygen atoms in total. The van der Waals surface area contributed by atoms with Crippen LogP contribution in [0.25, 0.3) is 0 Å². The molecule has 4 heteroatoms. The van der Waals surface area contributed by atoms with Crippen LogP contribution < -0.4 is 4.74 Å². The standard InChI is InChI=1S/C10H9ClO3/c11-8-1-2-10(7(3-8)4-12)14-6-9-5-13-9/h1-4,9H,5-6H2/t9-/m1/s1. The molecule has 1 aliphatic heterocycles. The zero-order valence-electron chi connectivity index (χ0n) is 7.40. The maximum Gasteiger partial charge on any atom is 0.153 e. The third kappa shape index (κ3) is 2.25. The highest BCUT2D eigenvalue weighted by molar-refractivity contribution is 6.30. The second-order valence-corrected chi connectivity index (χ2v) is 3.50. The number of halogens is 1. The van der Waals surface area contributed by atoms with Crippen molar-refractivity contribution in [2.24, 2.45) is 0 Å². The first-order valence-electron chi connectivity index (χ1n) is 4.29. The van der Waals surface area contributed by atoms with Gasteiger partial charge >= 0.3 is 0 Å². The molecule has 0 amide bonds. The molecule has 0 aliphatic carbocycles. The molecule has 1 aromatic carbocycles. The van der Waals surface area contributed by atoms with Crippen LogP contribution in [0.15, 0.2) is 18.2 Å². The molecule has 14 heavy (non-hydrogen) atoms. The summed E-state index contributed by atoms with van der Waals surface area (Å²) in [5.74, 6) is 0.555. The van der Waals surface area contributed by atoms with E-state index in [1.54, 1.807) is 18.2 Å². The lowest BCUT2D eigenvalue weighted by Gasteiger charge is -2.06. The van der Waals surface area contributed by atoms with Crippen molar-refractivity contribution in [3.63, 3.8) is 0 Å². The van der Waals surface area contributed by atoms with Crippen LogP contribution in [0, 0.1) is 0 Å². The predicted molar refractivity (Wildman–Crippen MR) is 52.1 cm³/mol. The molecule has 0 radical (unpaired) electrons. The molecule has 0 spiro atoms. The van der Waals surface area contributed by atoms with Crippen molar-refractivity contribution in [2.45, 2.75) is 6.10 Å². The third-order valence-electron chi connectivity index (χ3n) is 1.93. The van der Waals surface area contributed by atoms with Gasteiger partial charge in [0.05, 0.1) is 12.2 Å². The largest absolute Gasteiger partial charge is 0.490 e. The summed E-state index contributed by atoms with van der Waals surface area (Å²) in [6.07, 6.45) is 0.916. The van der Waals surface area contributed by atoms with E-state index in [2.05, 4.69) is 0 Å². The number of aldehydes is 1. The first kappa shape index (κ1) is 9.49. The van der Waals surface area contributed by atoms with Crippen LogP contribution in [0.2, 0.25) is 5.02 Å². The Bertz CT molecular complexity index is 347. The van der Waals surface area contributed by atoms with Crippen molar-refractivity contribution in [1.82, 2.24) is 0 Å². The minimum atomic E-state index is 0.185. The summed E-state index contributed by atoms with van der Waals surface area (Å²) < 4.78 is 10.4. The van der Waals surface area contributed by atoms with Crippen LogP contribution in [-0.4, -0.2) is 25.6 Å². The van der Waals surface area contributed by atoms with Gasteiger partial charge in [0.1, 0.15) is 18.5 Å². The van der Waals surface area contributed by atoms with Gasteiger partial charge in [-0.2, -0.15) is 0 Å². The SMILES string of the molecule is O=Cc1cc(Cl)ccc1OC[C@H]1CO1. The van der Waals surface area contributed by atoms with E-state index in [4.69, 9.17) is 21.1 Å². The number of ether oxygens (including phenoxy) is 2. The Labute approximate surface area is 86.6 Å². The van der Waals surface area contributed by atoms with Crippen LogP contribution in [0.4, 0.5) is 0 Å². The second-order valence-electron chi connectivity index (χ2n) is 3.07. The minimum absolute atomic E-state index is 0.185. The van der Waals surface area contributed by atoms with E-state index in [0.717, 1.165) is 12.9 Å². The highest BCUT2D eigenvalue weighted by Crippen LogP contribution is 2.22. The molecule has 1 heterocycles. The van der Waals surface area contributed by atoms with E-state index in [9.17, 15) is 4.79 Å². The molecule has 1 saturated heterocycles. The van der Waals surface area contributed by atoms with Crippen LogP contribution >= 0.6 is 11.6 Å². The lowest BCUT2D eigenvalue weighted by Crippen LogP contribution is -2.05. The quantitative estimate of drug-likeness (QED) is 0.566. The number of benzene rings is 1. The molecule has 1 aliphatic rings. The number of hydrogen-bond acceptors (Lipinski definition) is 3. The molecule has 1 atom stereocenters. The Hall–Kier alpha value is -1.06. The van der Waals surface area contributed by atoms with Gasteiger partial charge in [-0.05, 0) is 18.2 Å². The normalized spacial score (nSPS) is 19.1. The molecular weight excluding hydrogens is 204 g/mol. The Balaban J connectivity index is 2.09. The second kappa shape index (κ2) is 3.98. The first-order valence-corrected chi connectivity index (χ1v) is 4.66. The molecule has 0 unspecified atom stereocenters. The molecule has 74 valence electrons. The average molecular weight is 213 g/mol. The van der Waals surface area contributed by atoms with E-state index in [0.29, 0.717) is 22.9 Å². The summed E-state index contributed by atoms with van der Waals surface area (Å²) in [5.41, 5.74) is 0.471. The first-order chi connectivity index (χ1) is 6.79. The fourth-order valence-electron chi connectivity index (χ4n) is 1.09. The van der Waals surface area contributed by atoms with Crippen molar-refractivity contribution in [1.29, 1.82) is 0 Å². The number of carbonyl (C=O) groups is 1. The molecule has 0 bridgehead atoms. The lowest BCUT2D eigenvalue weighted by atomic mass is 10.2. The predicted octanol–water partition coefficient (Wildman–Crippen LogP) is 1.93. The summed E-state index contributed by atoms with van der Waals surface area (Å²) in [6.45, 7) is 1.23. The minimum Gasteiger partial charge on any atom is -0.490 e. The fraction of sp³-hybridized carbons (Fsp3) is 0.300. The third-order valence-corrected chi connectivity index (χ3v) is 2.16. The summed E-state index contributed by atoms with van der Waals surface area (Å²) in [4.78, 5) is 10.7. The van der Waals surface area contributed by atoms with Crippen LogP contribution in [0.5, 0.6) is 5.75 Å². The summed E-state index contributed by atoms with van der Waals surface area (Å²) in [6, 6.07) is 4.96. The van der Waals surface area contributed by atoms with Crippen LogP contribution in [-0.2, 0) is 4.74 Å². The maximum absolute atomic E-state index is 10.7. The molecule has 0 N–H and O–H groups in total. The monoisotopic (exact) mass is 212 g/mol. The summed E-state index contributed by atoms with van der Waals surface area (Å²) in [7, 11) is 0. The van der Waals surface area contributed by atoms with Crippen molar-refractivity contribution in [3.05, 3.63) is 28.8 Å². The smallest absolute Gasteiger partial charge is 0.153 e. The Morgan fingerprint density at radius 1 is 1.64 bits per heavy atom. The van der Waals surface area contributed by atoms with Crippen molar-refractivity contribution in [3.8, 4) is 5.75 Å². The van der Waals surface area contributed by atoms with Gasteiger partial charge in [0.15, 0.2) is 6.29 Å². The van der Waals surface area contributed by atoms with E-state index in [1.807, 2.05) is 0 Å². The van der Waals surface area contributed by atoms with E-state index >= 15 is 0 Å². The highest BCUT2D eigenvalue weighted by Gasteiger charge is 2.23. The van der Waals surface area contributed by atoms with E-state index in [-0.39, 0.29) is 6.10 Å².